The molecule has 4 aromatic rings. The molecule has 2 aromatic heterocycles. The highest BCUT2D eigenvalue weighted by atomic mass is 19.1. The maximum Gasteiger partial charge on any atom is 0.224 e. The fraction of sp³-hybridized carbons (Fsp3) is 0.429. The van der Waals surface area contributed by atoms with E-state index in [4.69, 9.17) is 15.6 Å². The first-order chi connectivity index (χ1) is 21.4. The Hall–Kier alpha value is -3.79. The molecule has 0 radical (unpaired) electrons. The summed E-state index contributed by atoms with van der Waals surface area (Å²) in [5.41, 5.74) is 12.5. The number of aryl methyl sites for hydroxylation is 2. The van der Waals surface area contributed by atoms with Gasteiger partial charge in [0.05, 0.1) is 12.1 Å². The molecule has 5 rings (SSSR count). The van der Waals surface area contributed by atoms with E-state index in [-0.39, 0.29) is 36.7 Å². The number of nitrogens with two attached hydrogens (primary N) is 1. The summed E-state index contributed by atoms with van der Waals surface area (Å²) < 4.78 is 22.5. The summed E-state index contributed by atoms with van der Waals surface area (Å²) in [5.74, 6) is 0.729. The lowest BCUT2D eigenvalue weighted by Gasteiger charge is -2.34. The Morgan fingerprint density at radius 3 is 2.70 bits per heavy atom. The van der Waals surface area contributed by atoms with Crippen LogP contribution in [0.15, 0.2) is 60.8 Å². The highest BCUT2D eigenvalue weighted by Crippen LogP contribution is 2.37. The zero-order valence-corrected chi connectivity index (χ0v) is 25.8. The molecule has 0 spiro atoms. The second-order valence-corrected chi connectivity index (χ2v) is 11.8. The summed E-state index contributed by atoms with van der Waals surface area (Å²) in [5, 5.41) is 13.0. The molecule has 0 aliphatic carbocycles. The lowest BCUT2D eigenvalue weighted by atomic mass is 9.91. The van der Waals surface area contributed by atoms with Crippen molar-refractivity contribution in [3.8, 4) is 11.1 Å². The molecule has 234 valence electrons. The predicted molar refractivity (Wildman–Crippen MR) is 173 cm³/mol. The van der Waals surface area contributed by atoms with Crippen LogP contribution in [0.4, 0.5) is 10.2 Å². The number of nitrogens with one attached hydrogen (secondary N) is 1. The van der Waals surface area contributed by atoms with Crippen LogP contribution < -0.4 is 11.1 Å². The maximum atomic E-state index is 15.1. The number of amides is 1. The smallest absolute Gasteiger partial charge is 0.224 e. The highest BCUT2D eigenvalue weighted by Gasteiger charge is 2.30. The Kier molecular flexibility index (Phi) is 10.6. The summed E-state index contributed by atoms with van der Waals surface area (Å²) in [6, 6.07) is 17.1. The van der Waals surface area contributed by atoms with Gasteiger partial charge in [0, 0.05) is 81.1 Å². The van der Waals surface area contributed by atoms with E-state index in [1.807, 2.05) is 41.4 Å². The molecule has 9 heteroatoms. The molecule has 1 aliphatic heterocycles. The van der Waals surface area contributed by atoms with Crippen molar-refractivity contribution in [2.45, 2.75) is 57.5 Å². The number of halogens is 1. The van der Waals surface area contributed by atoms with E-state index in [0.717, 1.165) is 65.0 Å². The average Bonchev–Trinajstić information content (AvgIpc) is 3.33. The number of anilines is 1. The van der Waals surface area contributed by atoms with Crippen molar-refractivity contribution in [2.75, 3.05) is 45.3 Å². The number of carbonyl (C=O) groups excluding carboxylic acids is 1. The van der Waals surface area contributed by atoms with Crippen molar-refractivity contribution >= 4 is 22.6 Å². The third-order valence-corrected chi connectivity index (χ3v) is 8.63. The topological polar surface area (TPSA) is 106 Å². The number of fused-ring (bicyclic) bond motifs is 1. The van der Waals surface area contributed by atoms with Crippen LogP contribution in [0.5, 0.6) is 0 Å². The number of nitrogens with zero attached hydrogens (tertiary/aromatic N) is 3. The van der Waals surface area contributed by atoms with Gasteiger partial charge >= 0.3 is 0 Å². The molecule has 0 unspecified atom stereocenters. The molecule has 1 aliphatic rings. The van der Waals surface area contributed by atoms with Crippen LogP contribution in [0.1, 0.15) is 48.4 Å². The van der Waals surface area contributed by atoms with Crippen molar-refractivity contribution < 1.29 is 19.0 Å². The first kappa shape index (κ1) is 31.6. The van der Waals surface area contributed by atoms with Crippen LogP contribution in [0.3, 0.4) is 0 Å². The molecule has 0 bridgehead atoms. The lowest BCUT2D eigenvalue weighted by Crippen LogP contribution is -2.42. The summed E-state index contributed by atoms with van der Waals surface area (Å²) in [6.07, 6.45) is 5.36. The fourth-order valence-electron chi connectivity index (χ4n) is 6.52. The zero-order chi connectivity index (χ0) is 31.1. The number of hydrogen-bond donors (Lipinski definition) is 3. The van der Waals surface area contributed by atoms with Crippen molar-refractivity contribution in [1.82, 2.24) is 14.5 Å². The van der Waals surface area contributed by atoms with Crippen molar-refractivity contribution in [3.05, 3.63) is 83.4 Å². The monoisotopic (exact) mass is 601 g/mol. The van der Waals surface area contributed by atoms with Crippen molar-refractivity contribution in [1.29, 1.82) is 0 Å². The first-order valence-electron chi connectivity index (χ1n) is 15.6. The van der Waals surface area contributed by atoms with Gasteiger partial charge in [-0.25, -0.2) is 9.37 Å². The Balaban J connectivity index is 1.22. The van der Waals surface area contributed by atoms with Crippen molar-refractivity contribution in [3.63, 3.8) is 0 Å². The average molecular weight is 602 g/mol. The van der Waals surface area contributed by atoms with Crippen LogP contribution in [-0.4, -0.2) is 71.5 Å². The molecule has 4 N–H and O–H groups in total. The third-order valence-electron chi connectivity index (χ3n) is 8.63. The molecule has 44 heavy (non-hydrogen) atoms. The van der Waals surface area contributed by atoms with Gasteiger partial charge in [-0.05, 0) is 67.5 Å². The maximum absolute atomic E-state index is 15.1. The fourth-order valence-corrected chi connectivity index (χ4v) is 6.52. The van der Waals surface area contributed by atoms with E-state index < -0.39 is 0 Å². The summed E-state index contributed by atoms with van der Waals surface area (Å²) in [7, 11) is 1.68. The second kappa shape index (κ2) is 14.8. The van der Waals surface area contributed by atoms with Crippen LogP contribution in [0.25, 0.3) is 22.0 Å². The first-order valence-corrected chi connectivity index (χ1v) is 15.6. The lowest BCUT2D eigenvalue weighted by molar-refractivity contribution is -0.132. The van der Waals surface area contributed by atoms with E-state index in [1.54, 1.807) is 13.2 Å². The molecule has 2 aromatic carbocycles. The molecule has 2 atom stereocenters. The number of rotatable bonds is 13. The summed E-state index contributed by atoms with van der Waals surface area (Å²) >= 11 is 0. The number of pyridine rings is 1. The van der Waals surface area contributed by atoms with Gasteiger partial charge in [0.25, 0.3) is 0 Å². The number of piperidine rings is 1. The minimum atomic E-state index is -0.288. The van der Waals surface area contributed by atoms with Crippen molar-refractivity contribution in [2.24, 2.45) is 5.73 Å². The van der Waals surface area contributed by atoms with E-state index in [0.29, 0.717) is 38.2 Å². The standard InChI is InChI=1S/C35H44FN5O3/c1-24-30-7-3-8-31(36)35(30)41(17-5-19-44-2)34(24)28-6-4-16-40(23-28)33(43)21-29(37)20-25-9-11-26(12-10-25)27-13-14-32(39-22-27)38-15-18-42/h3,7-14,22,28-29,42H,4-6,15-21,23,37H2,1-2H3,(H,38,39)/t28-,29-/m1/s1. The van der Waals surface area contributed by atoms with Crippen LogP contribution >= 0.6 is 0 Å². The molecule has 1 fully saturated rings. The normalized spacial score (nSPS) is 15.9. The number of likely N-dealkylation sites (tertiary alicyclic amines) is 1. The minimum Gasteiger partial charge on any atom is -0.395 e. The van der Waals surface area contributed by atoms with Gasteiger partial charge in [0.15, 0.2) is 0 Å². The SMILES string of the molecule is COCCCn1c([C@@H]2CCCN(C(=O)C[C@H](N)Cc3ccc(-c4ccc(NCCO)nc4)cc3)C2)c(C)c2cccc(F)c21. The molecule has 1 saturated heterocycles. The molecular weight excluding hydrogens is 557 g/mol. The minimum absolute atomic E-state index is 0.0567. The number of aliphatic hydroxyl groups is 1. The number of aliphatic hydroxyl groups excluding tert-OH is 1. The number of carbonyl (C=O) groups is 1. The Morgan fingerprint density at radius 2 is 1.98 bits per heavy atom. The van der Waals surface area contributed by atoms with Gasteiger partial charge in [-0.2, -0.15) is 0 Å². The number of aromatic nitrogens is 2. The quantitative estimate of drug-likeness (QED) is 0.181. The highest BCUT2D eigenvalue weighted by molar-refractivity contribution is 5.86. The zero-order valence-electron chi connectivity index (χ0n) is 25.8. The van der Waals surface area contributed by atoms with E-state index >= 15 is 4.39 Å². The largest absolute Gasteiger partial charge is 0.395 e. The summed E-state index contributed by atoms with van der Waals surface area (Å²) in [6.45, 7) is 5.21. The van der Waals surface area contributed by atoms with Gasteiger partial charge in [0.1, 0.15) is 11.6 Å². The van der Waals surface area contributed by atoms with Crippen LogP contribution in [0, 0.1) is 12.7 Å². The number of methoxy groups -OCH3 is 1. The molecule has 3 heterocycles. The van der Waals surface area contributed by atoms with Gasteiger partial charge in [-0.3, -0.25) is 4.79 Å². The van der Waals surface area contributed by atoms with Gasteiger partial charge in [0.2, 0.25) is 5.91 Å². The Morgan fingerprint density at radius 1 is 1.18 bits per heavy atom. The van der Waals surface area contributed by atoms with Crippen LogP contribution in [-0.2, 0) is 22.5 Å². The predicted octanol–water partition coefficient (Wildman–Crippen LogP) is 5.26. The van der Waals surface area contributed by atoms with Crippen LogP contribution in [0.2, 0.25) is 0 Å². The molecular formula is C35H44FN5O3. The third kappa shape index (κ3) is 7.29. The second-order valence-electron chi connectivity index (χ2n) is 11.8. The Bertz CT molecular complexity index is 1540. The van der Waals surface area contributed by atoms with Gasteiger partial charge < -0.3 is 30.4 Å². The summed E-state index contributed by atoms with van der Waals surface area (Å²) in [4.78, 5) is 19.8. The van der Waals surface area contributed by atoms with E-state index in [1.165, 1.54) is 6.07 Å². The number of ether oxygens (including phenoxy) is 1. The molecule has 1 amide bonds. The van der Waals surface area contributed by atoms with E-state index in [9.17, 15) is 4.79 Å². The Labute approximate surface area is 259 Å². The van der Waals surface area contributed by atoms with Gasteiger partial charge in [-0.15, -0.1) is 0 Å². The number of para-hydroxylation sites is 1. The molecule has 8 nitrogen and oxygen atoms in total. The number of hydrogen-bond acceptors (Lipinski definition) is 6. The van der Waals surface area contributed by atoms with E-state index in [2.05, 4.69) is 33.9 Å². The molecule has 0 saturated carbocycles. The number of benzene rings is 2. The van der Waals surface area contributed by atoms with Gasteiger partial charge in [-0.1, -0.05) is 36.4 Å².